The molecule has 4 aromatic rings. The number of nitrogens with zero attached hydrogens (tertiary/aromatic N) is 5. The van der Waals surface area contributed by atoms with E-state index in [2.05, 4.69) is 4.90 Å². The topological polar surface area (TPSA) is 106 Å². The van der Waals surface area contributed by atoms with Gasteiger partial charge in [-0.3, -0.25) is 9.80 Å². The molecule has 0 atom stereocenters. The van der Waals surface area contributed by atoms with Gasteiger partial charge >= 0.3 is 12.2 Å². The van der Waals surface area contributed by atoms with Gasteiger partial charge in [0.15, 0.2) is 0 Å². The molecule has 0 spiro atoms. The summed E-state index contributed by atoms with van der Waals surface area (Å²) in [5, 5.41) is 0. The normalized spacial score (nSPS) is 11.0. The minimum absolute atomic E-state index is 0.145. The first kappa shape index (κ1) is 47.2. The summed E-state index contributed by atoms with van der Waals surface area (Å²) in [5.41, 5.74) is 6.13. The summed E-state index contributed by atoms with van der Waals surface area (Å²) in [6, 6.07) is 31.8. The lowest BCUT2D eigenvalue weighted by Crippen LogP contribution is -2.32. The predicted molar refractivity (Wildman–Crippen MR) is 237 cm³/mol. The smallest absolute Gasteiger partial charge is 0.410 e. The van der Waals surface area contributed by atoms with Crippen molar-refractivity contribution in [3.05, 3.63) is 119 Å². The molecule has 13 nitrogen and oxygen atoms in total. The quantitative estimate of drug-likeness (QED) is 0.0619. The second-order valence-electron chi connectivity index (χ2n) is 15.2. The van der Waals surface area contributed by atoms with E-state index in [4.69, 9.17) is 28.4 Å². The van der Waals surface area contributed by atoms with Gasteiger partial charge in [-0.15, -0.1) is 0 Å². The number of rotatable bonds is 25. The average Bonchev–Trinajstić information content (AvgIpc) is 3.25. The Morgan fingerprint density at radius 3 is 1.05 bits per heavy atom. The highest BCUT2D eigenvalue weighted by molar-refractivity contribution is 5.68. The summed E-state index contributed by atoms with van der Waals surface area (Å²) in [5.74, 6) is 1.52. The van der Waals surface area contributed by atoms with Crippen LogP contribution >= 0.6 is 0 Å². The highest BCUT2D eigenvalue weighted by atomic mass is 16.6. The Labute approximate surface area is 357 Å². The molecule has 0 aromatic heterocycles. The van der Waals surface area contributed by atoms with Crippen molar-refractivity contribution in [2.75, 3.05) is 106 Å². The first-order chi connectivity index (χ1) is 28.9. The second-order valence-corrected chi connectivity index (χ2v) is 15.2. The molecule has 0 aliphatic heterocycles. The summed E-state index contributed by atoms with van der Waals surface area (Å²) in [6.45, 7) is 3.48. The molecule has 0 saturated heterocycles. The molecule has 0 saturated carbocycles. The second kappa shape index (κ2) is 25.2. The Morgan fingerprint density at radius 1 is 0.450 bits per heavy atom. The van der Waals surface area contributed by atoms with Crippen LogP contribution in [0.1, 0.15) is 35.1 Å². The predicted octanol–water partition coefficient (Wildman–Crippen LogP) is 7.56. The van der Waals surface area contributed by atoms with Crippen LogP contribution in [0.3, 0.4) is 0 Å². The maximum atomic E-state index is 13.3. The van der Waals surface area contributed by atoms with Crippen molar-refractivity contribution in [1.29, 1.82) is 0 Å². The van der Waals surface area contributed by atoms with Gasteiger partial charge in [-0.2, -0.15) is 0 Å². The maximum Gasteiger partial charge on any atom is 0.410 e. The van der Waals surface area contributed by atoms with E-state index in [1.165, 1.54) is 0 Å². The Bertz CT molecular complexity index is 1690. The molecule has 0 fully saturated rings. The zero-order valence-corrected chi connectivity index (χ0v) is 36.8. The number of methoxy groups -OCH3 is 2. The van der Waals surface area contributed by atoms with Gasteiger partial charge in [0.25, 0.3) is 0 Å². The molecule has 4 rings (SSSR count). The number of amides is 2. The van der Waals surface area contributed by atoms with Crippen LogP contribution < -0.4 is 19.3 Å². The molecule has 13 heteroatoms. The van der Waals surface area contributed by atoms with Gasteiger partial charge in [-0.05, 0) is 97.7 Å². The highest BCUT2D eigenvalue weighted by Gasteiger charge is 2.19. The van der Waals surface area contributed by atoms with E-state index >= 15 is 0 Å². The summed E-state index contributed by atoms with van der Waals surface area (Å²) in [7, 11) is 15.3. The van der Waals surface area contributed by atoms with Gasteiger partial charge < -0.3 is 43.1 Å². The third-order valence-corrected chi connectivity index (χ3v) is 10.1. The third-order valence-electron chi connectivity index (χ3n) is 10.1. The van der Waals surface area contributed by atoms with E-state index in [9.17, 15) is 9.59 Å². The van der Waals surface area contributed by atoms with E-state index in [0.717, 1.165) is 58.0 Å². The van der Waals surface area contributed by atoms with Gasteiger partial charge in [0.1, 0.15) is 24.7 Å². The highest BCUT2D eigenvalue weighted by Crippen LogP contribution is 2.20. The minimum Gasteiger partial charge on any atom is -0.497 e. The van der Waals surface area contributed by atoms with Crippen molar-refractivity contribution in [3.63, 3.8) is 0 Å². The molecule has 0 unspecified atom stereocenters. The summed E-state index contributed by atoms with van der Waals surface area (Å²) in [6.07, 6.45) is 0.753. The zero-order chi connectivity index (χ0) is 43.3. The van der Waals surface area contributed by atoms with E-state index in [1.54, 1.807) is 24.0 Å². The molecule has 0 radical (unpaired) electrons. The molecule has 4 aromatic carbocycles. The molecular weight excluding hydrogens is 763 g/mol. The maximum absolute atomic E-state index is 13.3. The first-order valence-electron chi connectivity index (χ1n) is 20.4. The molecule has 0 aliphatic rings. The Hall–Kier alpha value is -5.50. The van der Waals surface area contributed by atoms with Crippen LogP contribution in [0.25, 0.3) is 0 Å². The number of hydrogen-bond acceptors (Lipinski definition) is 11. The van der Waals surface area contributed by atoms with Gasteiger partial charge in [-0.25, -0.2) is 9.59 Å². The number of hydrogen-bond donors (Lipinski definition) is 0. The van der Waals surface area contributed by atoms with Crippen LogP contribution in [-0.4, -0.2) is 129 Å². The lowest BCUT2D eigenvalue weighted by atomic mass is 10.1. The van der Waals surface area contributed by atoms with Crippen LogP contribution in [0.15, 0.2) is 97.1 Å². The summed E-state index contributed by atoms with van der Waals surface area (Å²) < 4.78 is 33.7. The first-order valence-corrected chi connectivity index (χ1v) is 20.4. The number of carbonyl (C=O) groups excluding carboxylic acids is 2. The van der Waals surface area contributed by atoms with Gasteiger partial charge in [0.05, 0.1) is 27.4 Å². The van der Waals surface area contributed by atoms with Crippen molar-refractivity contribution in [3.8, 4) is 11.5 Å². The van der Waals surface area contributed by atoms with Crippen LogP contribution in [-0.2, 0) is 45.1 Å². The van der Waals surface area contributed by atoms with Crippen molar-refractivity contribution in [2.24, 2.45) is 0 Å². The summed E-state index contributed by atoms with van der Waals surface area (Å²) in [4.78, 5) is 36.2. The molecule has 0 bridgehead atoms. The molecule has 2 amide bonds. The molecule has 0 heterocycles. The van der Waals surface area contributed by atoms with Crippen molar-refractivity contribution in [1.82, 2.24) is 14.7 Å². The molecule has 0 aliphatic carbocycles. The molecule has 0 N–H and O–H groups in total. The fourth-order valence-electron chi connectivity index (χ4n) is 6.37. The molecule has 60 heavy (non-hydrogen) atoms. The Morgan fingerprint density at radius 2 is 0.767 bits per heavy atom. The van der Waals surface area contributed by atoms with Crippen molar-refractivity contribution in [2.45, 2.75) is 45.1 Å². The van der Waals surface area contributed by atoms with E-state index in [0.29, 0.717) is 52.6 Å². The fraction of sp³-hybridized carbons (Fsp3) is 0.447. The number of carbonyl (C=O) groups is 2. The molecular formula is C47H65N5O8. The Kier molecular flexibility index (Phi) is 19.8. The fourth-order valence-corrected chi connectivity index (χ4v) is 6.37. The number of ether oxygens (including phenoxy) is 6. The summed E-state index contributed by atoms with van der Waals surface area (Å²) >= 11 is 0. The average molecular weight is 828 g/mol. The van der Waals surface area contributed by atoms with E-state index in [1.807, 2.05) is 149 Å². The SMILES string of the molecule is COc1ccc(CN(Cc2ccc(N(C)C)cc2)C(=O)OCCOCCC(CCOCCOC(=O)N(Cc2ccc(OC)cc2)Cc2ccc(N(C)C)cc2)N(C)C)cc1. The van der Waals surface area contributed by atoms with Crippen LogP contribution in [0.4, 0.5) is 21.0 Å². The van der Waals surface area contributed by atoms with Crippen molar-refractivity contribution < 1.29 is 38.0 Å². The third kappa shape index (κ3) is 16.3. The molecule has 326 valence electrons. The lowest BCUT2D eigenvalue weighted by Gasteiger charge is -2.25. The van der Waals surface area contributed by atoms with Gasteiger partial charge in [0, 0.05) is 85.0 Å². The van der Waals surface area contributed by atoms with E-state index in [-0.39, 0.29) is 19.3 Å². The Balaban J connectivity index is 1.17. The minimum atomic E-state index is -0.403. The van der Waals surface area contributed by atoms with Crippen LogP contribution in [0, 0.1) is 0 Å². The zero-order valence-electron chi connectivity index (χ0n) is 36.8. The number of anilines is 2. The monoisotopic (exact) mass is 827 g/mol. The van der Waals surface area contributed by atoms with Crippen molar-refractivity contribution >= 4 is 23.6 Å². The van der Waals surface area contributed by atoms with Gasteiger partial charge in [-0.1, -0.05) is 48.5 Å². The van der Waals surface area contributed by atoms with Crippen LogP contribution in [0.5, 0.6) is 11.5 Å². The lowest BCUT2D eigenvalue weighted by molar-refractivity contribution is 0.0353. The standard InChI is InChI=1S/C47H65N5O8/c1-48(2)41-17-9-37(10-18-41)33-51(35-39-13-21-44(55-7)22-14-39)46(53)59-31-29-57-27-25-43(50(5)6)26-28-58-30-32-60-47(54)52(36-40-15-23-45(56-8)24-16-40)34-38-11-19-42(20-12-38)49(3)4/h9-24,43H,25-36H2,1-8H3. The number of benzene rings is 4. The van der Waals surface area contributed by atoms with Gasteiger partial charge in [0.2, 0.25) is 0 Å². The largest absolute Gasteiger partial charge is 0.497 e. The van der Waals surface area contributed by atoms with Crippen LogP contribution in [0.2, 0.25) is 0 Å². The van der Waals surface area contributed by atoms with E-state index < -0.39 is 12.2 Å².